The first-order valence-electron chi connectivity index (χ1n) is 9.07. The molecule has 1 fully saturated rings. The Bertz CT molecular complexity index is 579. The summed E-state index contributed by atoms with van der Waals surface area (Å²) in [6, 6.07) is 0.482. The van der Waals surface area contributed by atoms with Gasteiger partial charge in [0.1, 0.15) is 5.82 Å². The number of aromatic nitrogens is 2. The fourth-order valence-corrected chi connectivity index (χ4v) is 3.62. The molecule has 1 aliphatic carbocycles. The molecule has 2 heterocycles. The van der Waals surface area contributed by atoms with Gasteiger partial charge >= 0.3 is 0 Å². The predicted molar refractivity (Wildman–Crippen MR) is 92.3 cm³/mol. The molecule has 1 N–H and O–H groups in total. The van der Waals surface area contributed by atoms with Gasteiger partial charge in [0.15, 0.2) is 0 Å². The summed E-state index contributed by atoms with van der Waals surface area (Å²) in [5, 5.41) is 10.3. The lowest BCUT2D eigenvalue weighted by Crippen LogP contribution is -2.45. The van der Waals surface area contributed by atoms with Gasteiger partial charge in [-0.3, -0.25) is 4.79 Å². The van der Waals surface area contributed by atoms with Crippen LogP contribution in [0.1, 0.15) is 45.4 Å². The van der Waals surface area contributed by atoms with Crippen LogP contribution in [-0.4, -0.2) is 62.1 Å². The van der Waals surface area contributed by atoms with Crippen LogP contribution in [0.3, 0.4) is 0 Å². The monoisotopic (exact) mass is 334 g/mol. The molecule has 1 unspecified atom stereocenters. The second-order valence-electron chi connectivity index (χ2n) is 7.92. The van der Waals surface area contributed by atoms with Gasteiger partial charge in [-0.25, -0.2) is 4.98 Å². The van der Waals surface area contributed by atoms with E-state index in [-0.39, 0.29) is 12.3 Å². The summed E-state index contributed by atoms with van der Waals surface area (Å²) in [7, 11) is 2.13. The smallest absolute Gasteiger partial charge is 0.225 e. The Kier molecular flexibility index (Phi) is 4.97. The molecule has 0 radical (unpaired) electrons. The van der Waals surface area contributed by atoms with Crippen LogP contribution >= 0.6 is 0 Å². The van der Waals surface area contributed by atoms with Gasteiger partial charge in [-0.05, 0) is 40.2 Å². The molecular weight excluding hydrogens is 304 g/mol. The summed E-state index contributed by atoms with van der Waals surface area (Å²) in [6.07, 6.45) is 6.59. The minimum atomic E-state index is -0.761. The number of fused-ring (bicyclic) bond motifs is 1. The summed E-state index contributed by atoms with van der Waals surface area (Å²) < 4.78 is 2.17. The molecule has 0 aromatic carbocycles. The van der Waals surface area contributed by atoms with Gasteiger partial charge in [0.05, 0.1) is 18.6 Å². The minimum absolute atomic E-state index is 0.0610. The molecule has 134 valence electrons. The third-order valence-electron chi connectivity index (χ3n) is 5.61. The highest BCUT2D eigenvalue weighted by Gasteiger charge is 2.38. The first-order valence-corrected chi connectivity index (χ1v) is 9.07. The van der Waals surface area contributed by atoms with E-state index in [4.69, 9.17) is 0 Å². The Morgan fingerprint density at radius 2 is 2.21 bits per heavy atom. The maximum Gasteiger partial charge on any atom is 0.225 e. The zero-order valence-electron chi connectivity index (χ0n) is 15.1. The zero-order valence-corrected chi connectivity index (χ0v) is 15.1. The van der Waals surface area contributed by atoms with Crippen LogP contribution in [0.2, 0.25) is 0 Å². The van der Waals surface area contributed by atoms with E-state index >= 15 is 0 Å². The molecule has 2 aliphatic rings. The zero-order chi connectivity index (χ0) is 17.3. The van der Waals surface area contributed by atoms with E-state index in [0.29, 0.717) is 18.5 Å². The van der Waals surface area contributed by atoms with E-state index in [0.717, 1.165) is 44.7 Å². The standard InChI is InChI=1S/C18H30N4O2/c1-14(2)20(3)10-15-11-21-8-7-19-16(21)13-22(12-15)17(23)9-18(24)5-4-6-18/h7-8,14-15,24H,4-6,9-13H2,1-3H3. The van der Waals surface area contributed by atoms with E-state index in [1.54, 1.807) is 0 Å². The van der Waals surface area contributed by atoms with E-state index in [1.807, 2.05) is 17.3 Å². The number of aliphatic hydroxyl groups is 1. The molecule has 1 atom stereocenters. The largest absolute Gasteiger partial charge is 0.389 e. The van der Waals surface area contributed by atoms with Gasteiger partial charge in [0, 0.05) is 44.0 Å². The molecule has 1 aliphatic heterocycles. The second-order valence-corrected chi connectivity index (χ2v) is 7.92. The summed E-state index contributed by atoms with van der Waals surface area (Å²) in [4.78, 5) is 21.4. The topological polar surface area (TPSA) is 61.6 Å². The Hall–Kier alpha value is -1.40. The highest BCUT2D eigenvalue weighted by molar-refractivity contribution is 5.77. The second kappa shape index (κ2) is 6.84. The van der Waals surface area contributed by atoms with Crippen molar-refractivity contribution >= 4 is 5.91 Å². The molecular formula is C18H30N4O2. The van der Waals surface area contributed by atoms with Crippen LogP contribution in [0.5, 0.6) is 0 Å². The minimum Gasteiger partial charge on any atom is -0.389 e. The van der Waals surface area contributed by atoms with Crippen molar-refractivity contribution in [3.63, 3.8) is 0 Å². The van der Waals surface area contributed by atoms with Crippen LogP contribution < -0.4 is 0 Å². The van der Waals surface area contributed by atoms with Gasteiger partial charge in [-0.1, -0.05) is 0 Å². The SMILES string of the molecule is CC(C)N(C)CC1CN(C(=O)CC2(O)CCC2)Cc2nccn2C1. The molecule has 1 aromatic rings. The van der Waals surface area contributed by atoms with Crippen molar-refractivity contribution in [3.8, 4) is 0 Å². The van der Waals surface area contributed by atoms with E-state index in [1.165, 1.54) is 0 Å². The van der Waals surface area contributed by atoms with Crippen LogP contribution in [0, 0.1) is 5.92 Å². The average Bonchev–Trinajstić information content (AvgIpc) is 2.84. The molecule has 1 amide bonds. The molecule has 0 saturated heterocycles. The third-order valence-corrected chi connectivity index (χ3v) is 5.61. The Labute approximate surface area is 144 Å². The van der Waals surface area contributed by atoms with Crippen molar-refractivity contribution in [2.24, 2.45) is 5.92 Å². The van der Waals surface area contributed by atoms with Crippen molar-refractivity contribution < 1.29 is 9.90 Å². The molecule has 0 spiro atoms. The van der Waals surface area contributed by atoms with Gasteiger partial charge < -0.3 is 19.5 Å². The number of amides is 1. The Morgan fingerprint density at radius 1 is 1.46 bits per heavy atom. The number of carbonyl (C=O) groups excluding carboxylic acids is 1. The number of imidazole rings is 1. The normalized spacial score (nSPS) is 23.1. The van der Waals surface area contributed by atoms with Crippen molar-refractivity contribution in [2.75, 3.05) is 20.1 Å². The maximum absolute atomic E-state index is 12.8. The third kappa shape index (κ3) is 3.81. The van der Waals surface area contributed by atoms with Gasteiger partial charge in [-0.2, -0.15) is 0 Å². The molecule has 0 bridgehead atoms. The van der Waals surface area contributed by atoms with Crippen molar-refractivity contribution in [1.29, 1.82) is 0 Å². The molecule has 1 saturated carbocycles. The molecule has 3 rings (SSSR count). The summed E-state index contributed by atoms with van der Waals surface area (Å²) in [5.41, 5.74) is -0.761. The number of carbonyl (C=O) groups is 1. The Morgan fingerprint density at radius 3 is 2.83 bits per heavy atom. The summed E-state index contributed by atoms with van der Waals surface area (Å²) in [5.74, 6) is 1.37. The fraction of sp³-hybridized carbons (Fsp3) is 0.778. The van der Waals surface area contributed by atoms with Crippen molar-refractivity contribution in [1.82, 2.24) is 19.4 Å². The van der Waals surface area contributed by atoms with Crippen molar-refractivity contribution in [3.05, 3.63) is 18.2 Å². The van der Waals surface area contributed by atoms with Crippen molar-refractivity contribution in [2.45, 2.75) is 64.3 Å². The Balaban J connectivity index is 1.72. The van der Waals surface area contributed by atoms with Crippen LogP contribution in [0.15, 0.2) is 12.4 Å². The molecule has 1 aromatic heterocycles. The van der Waals surface area contributed by atoms with Crippen LogP contribution in [0.4, 0.5) is 0 Å². The highest BCUT2D eigenvalue weighted by atomic mass is 16.3. The lowest BCUT2D eigenvalue weighted by atomic mass is 9.77. The van der Waals surface area contributed by atoms with E-state index < -0.39 is 5.60 Å². The fourth-order valence-electron chi connectivity index (χ4n) is 3.62. The van der Waals surface area contributed by atoms with E-state index in [9.17, 15) is 9.90 Å². The van der Waals surface area contributed by atoms with Gasteiger partial charge in [-0.15, -0.1) is 0 Å². The summed E-state index contributed by atoms with van der Waals surface area (Å²) in [6.45, 7) is 7.49. The van der Waals surface area contributed by atoms with Gasteiger partial charge in [0.2, 0.25) is 5.91 Å². The van der Waals surface area contributed by atoms with Crippen LogP contribution in [0.25, 0.3) is 0 Å². The van der Waals surface area contributed by atoms with Crippen LogP contribution in [-0.2, 0) is 17.9 Å². The average molecular weight is 334 g/mol. The number of hydrogen-bond donors (Lipinski definition) is 1. The first-order chi connectivity index (χ1) is 11.4. The molecule has 24 heavy (non-hydrogen) atoms. The molecule has 6 heteroatoms. The van der Waals surface area contributed by atoms with Gasteiger partial charge in [0.25, 0.3) is 0 Å². The summed E-state index contributed by atoms with van der Waals surface area (Å²) >= 11 is 0. The highest BCUT2D eigenvalue weighted by Crippen LogP contribution is 2.35. The number of rotatable bonds is 5. The van der Waals surface area contributed by atoms with E-state index in [2.05, 4.69) is 35.3 Å². The predicted octanol–water partition coefficient (Wildman–Crippen LogP) is 1.49. The first kappa shape index (κ1) is 17.4. The lowest BCUT2D eigenvalue weighted by molar-refractivity contribution is -0.141. The lowest BCUT2D eigenvalue weighted by Gasteiger charge is -2.38. The maximum atomic E-state index is 12.8. The number of nitrogens with zero attached hydrogens (tertiary/aromatic N) is 4. The quantitative estimate of drug-likeness (QED) is 0.886. The number of hydrogen-bond acceptors (Lipinski definition) is 4. The molecule has 6 nitrogen and oxygen atoms in total.